The highest BCUT2D eigenvalue weighted by Crippen LogP contribution is 2.37. The first-order chi connectivity index (χ1) is 7.50. The number of benzene rings is 1. The molecule has 5 heteroatoms. The van der Waals surface area contributed by atoms with Gasteiger partial charge < -0.3 is 5.11 Å². The molecule has 16 heavy (non-hydrogen) atoms. The first-order valence-corrected chi connectivity index (χ1v) is 4.95. The van der Waals surface area contributed by atoms with Crippen LogP contribution in [0.1, 0.15) is 11.7 Å². The van der Waals surface area contributed by atoms with Crippen LogP contribution < -0.4 is 0 Å². The number of halogens is 3. The summed E-state index contributed by atoms with van der Waals surface area (Å²) in [6.07, 6.45) is 0.989. The lowest BCUT2D eigenvalue weighted by Gasteiger charge is -2.17. The fourth-order valence-corrected chi connectivity index (χ4v) is 1.68. The van der Waals surface area contributed by atoms with Gasteiger partial charge in [-0.2, -0.15) is 8.78 Å². The number of aliphatic hydroxyl groups is 1. The van der Waals surface area contributed by atoms with Crippen LogP contribution in [-0.2, 0) is 0 Å². The minimum absolute atomic E-state index is 0.0971. The summed E-state index contributed by atoms with van der Waals surface area (Å²) in [7, 11) is 0. The summed E-state index contributed by atoms with van der Waals surface area (Å²) < 4.78 is 25.7. The molecule has 2 aromatic rings. The molecule has 0 radical (unpaired) electrons. The molecule has 0 bridgehead atoms. The molecule has 0 aliphatic heterocycles. The number of rotatable bonds is 2. The number of pyridine rings is 1. The highest BCUT2D eigenvalue weighted by molar-refractivity contribution is 6.22. The van der Waals surface area contributed by atoms with Gasteiger partial charge in [-0.15, -0.1) is 0 Å². The van der Waals surface area contributed by atoms with Crippen molar-refractivity contribution in [1.82, 2.24) is 4.98 Å². The first-order valence-electron chi connectivity index (χ1n) is 4.57. The third-order valence-corrected chi connectivity index (χ3v) is 2.53. The maximum atomic E-state index is 12.8. The molecule has 1 aromatic heterocycles. The molecular weight excluding hydrogens is 236 g/mol. The van der Waals surface area contributed by atoms with E-state index in [0.717, 1.165) is 0 Å². The lowest BCUT2D eigenvalue weighted by molar-refractivity contribution is -0.0417. The van der Waals surface area contributed by atoms with Crippen molar-refractivity contribution in [1.29, 1.82) is 0 Å². The Morgan fingerprint density at radius 3 is 2.75 bits per heavy atom. The number of hydrogen-bond acceptors (Lipinski definition) is 2. The van der Waals surface area contributed by atoms with E-state index in [9.17, 15) is 13.9 Å². The van der Waals surface area contributed by atoms with E-state index in [-0.39, 0.29) is 5.56 Å². The molecule has 0 spiro atoms. The number of aromatic nitrogens is 1. The van der Waals surface area contributed by atoms with Crippen molar-refractivity contribution in [2.24, 2.45) is 0 Å². The van der Waals surface area contributed by atoms with Crippen LogP contribution in [0.4, 0.5) is 8.78 Å². The van der Waals surface area contributed by atoms with E-state index in [1.54, 1.807) is 18.2 Å². The van der Waals surface area contributed by atoms with Crippen LogP contribution in [-0.4, -0.2) is 15.5 Å². The number of hydrogen-bond donors (Lipinski definition) is 1. The molecule has 0 saturated heterocycles. The van der Waals surface area contributed by atoms with Gasteiger partial charge >= 0.3 is 5.38 Å². The molecule has 84 valence electrons. The van der Waals surface area contributed by atoms with Gasteiger partial charge in [0.25, 0.3) is 0 Å². The zero-order valence-electron chi connectivity index (χ0n) is 8.07. The largest absolute Gasteiger partial charge is 0.381 e. The van der Waals surface area contributed by atoms with Crippen molar-refractivity contribution in [3.05, 3.63) is 42.2 Å². The molecular formula is C11H8ClF2NO. The van der Waals surface area contributed by atoms with Gasteiger partial charge in [0.05, 0.1) is 0 Å². The van der Waals surface area contributed by atoms with Crippen LogP contribution >= 0.6 is 11.6 Å². The molecule has 0 amide bonds. The standard InChI is InChI=1S/C11H8ClF2NO/c12-11(13,14)10(16)9-3-1-2-7-6-15-5-4-8(7)9/h1-6,10,16H. The summed E-state index contributed by atoms with van der Waals surface area (Å²) in [4.78, 5) is 3.87. The Morgan fingerprint density at radius 2 is 2.06 bits per heavy atom. The van der Waals surface area contributed by atoms with Crippen LogP contribution in [0.25, 0.3) is 10.8 Å². The second-order valence-corrected chi connectivity index (χ2v) is 3.89. The molecule has 1 N–H and O–H groups in total. The predicted octanol–water partition coefficient (Wildman–Crippen LogP) is 3.10. The van der Waals surface area contributed by atoms with Gasteiger partial charge in [0.2, 0.25) is 0 Å². The zero-order valence-corrected chi connectivity index (χ0v) is 8.83. The minimum atomic E-state index is -3.68. The highest BCUT2D eigenvalue weighted by Gasteiger charge is 2.37. The van der Waals surface area contributed by atoms with Gasteiger partial charge in [0.1, 0.15) is 0 Å². The van der Waals surface area contributed by atoms with E-state index in [4.69, 9.17) is 11.6 Å². The Hall–Kier alpha value is -1.26. The molecule has 1 atom stereocenters. The first kappa shape index (κ1) is 11.2. The van der Waals surface area contributed by atoms with E-state index < -0.39 is 11.5 Å². The van der Waals surface area contributed by atoms with Crippen LogP contribution in [0.3, 0.4) is 0 Å². The summed E-state index contributed by atoms with van der Waals surface area (Å²) in [6, 6.07) is 6.29. The van der Waals surface area contributed by atoms with Crippen molar-refractivity contribution in [3.8, 4) is 0 Å². The second kappa shape index (κ2) is 3.96. The van der Waals surface area contributed by atoms with E-state index in [2.05, 4.69) is 4.98 Å². The van der Waals surface area contributed by atoms with Crippen molar-refractivity contribution < 1.29 is 13.9 Å². The monoisotopic (exact) mass is 243 g/mol. The van der Waals surface area contributed by atoms with Crippen LogP contribution in [0.5, 0.6) is 0 Å². The molecule has 2 nitrogen and oxygen atoms in total. The van der Waals surface area contributed by atoms with Crippen LogP contribution in [0.15, 0.2) is 36.7 Å². The number of fused-ring (bicyclic) bond motifs is 1. The molecule has 2 rings (SSSR count). The Bertz CT molecular complexity index is 507. The fourth-order valence-electron chi connectivity index (χ4n) is 1.56. The number of nitrogens with zero attached hydrogens (tertiary/aromatic N) is 1. The third kappa shape index (κ3) is 1.99. The van der Waals surface area contributed by atoms with E-state index in [0.29, 0.717) is 10.8 Å². The van der Waals surface area contributed by atoms with Gasteiger partial charge in [-0.1, -0.05) is 18.2 Å². The van der Waals surface area contributed by atoms with Crippen molar-refractivity contribution in [2.45, 2.75) is 11.5 Å². The summed E-state index contributed by atoms with van der Waals surface area (Å²) in [6.45, 7) is 0. The Balaban J connectivity index is 2.61. The average molecular weight is 244 g/mol. The van der Waals surface area contributed by atoms with E-state index in [1.807, 2.05) is 0 Å². The Labute approximate surface area is 95.5 Å². The zero-order chi connectivity index (χ0) is 11.8. The highest BCUT2D eigenvalue weighted by atomic mass is 35.5. The van der Waals surface area contributed by atoms with Gasteiger partial charge in [-0.25, -0.2) is 0 Å². The van der Waals surface area contributed by atoms with Crippen LogP contribution in [0.2, 0.25) is 0 Å². The summed E-state index contributed by atoms with van der Waals surface area (Å²) in [5, 5.41) is 6.97. The minimum Gasteiger partial charge on any atom is -0.381 e. The molecule has 0 fully saturated rings. The average Bonchev–Trinajstić information content (AvgIpc) is 2.26. The molecule has 1 heterocycles. The summed E-state index contributed by atoms with van der Waals surface area (Å²) in [5.74, 6) is 0. The number of aliphatic hydroxyl groups excluding tert-OH is 1. The molecule has 0 aliphatic carbocycles. The lowest BCUT2D eigenvalue weighted by atomic mass is 10.0. The smallest absolute Gasteiger partial charge is 0.351 e. The van der Waals surface area contributed by atoms with Gasteiger partial charge in [-0.3, -0.25) is 4.98 Å². The molecule has 0 saturated carbocycles. The predicted molar refractivity (Wildman–Crippen MR) is 57.5 cm³/mol. The van der Waals surface area contributed by atoms with Crippen molar-refractivity contribution >= 4 is 22.4 Å². The fraction of sp³-hybridized carbons (Fsp3) is 0.182. The SMILES string of the molecule is OC(c1cccc2cnccc12)C(F)(F)Cl. The van der Waals surface area contributed by atoms with Gasteiger partial charge in [0.15, 0.2) is 6.10 Å². The number of alkyl halides is 3. The maximum Gasteiger partial charge on any atom is 0.351 e. The Morgan fingerprint density at radius 1 is 1.31 bits per heavy atom. The lowest BCUT2D eigenvalue weighted by Crippen LogP contribution is -2.19. The Kier molecular flexibility index (Phi) is 2.78. The van der Waals surface area contributed by atoms with Crippen molar-refractivity contribution in [2.75, 3.05) is 0 Å². The van der Waals surface area contributed by atoms with Crippen LogP contribution in [0, 0.1) is 0 Å². The maximum absolute atomic E-state index is 12.8. The molecule has 1 unspecified atom stereocenters. The third-order valence-electron chi connectivity index (χ3n) is 2.32. The molecule has 1 aromatic carbocycles. The normalized spacial score (nSPS) is 14.0. The quantitative estimate of drug-likeness (QED) is 0.823. The topological polar surface area (TPSA) is 33.1 Å². The van der Waals surface area contributed by atoms with Gasteiger partial charge in [0, 0.05) is 17.8 Å². The summed E-state index contributed by atoms with van der Waals surface area (Å²) in [5.41, 5.74) is 0.0971. The van der Waals surface area contributed by atoms with E-state index in [1.165, 1.54) is 18.5 Å². The van der Waals surface area contributed by atoms with Crippen molar-refractivity contribution in [3.63, 3.8) is 0 Å². The molecule has 0 aliphatic rings. The van der Waals surface area contributed by atoms with E-state index >= 15 is 0 Å². The van der Waals surface area contributed by atoms with Gasteiger partial charge in [-0.05, 0) is 28.6 Å². The second-order valence-electron chi connectivity index (χ2n) is 3.39. The summed E-state index contributed by atoms with van der Waals surface area (Å²) >= 11 is 4.82.